The normalized spacial score (nSPS) is 12.4. The quantitative estimate of drug-likeness (QED) is 0.896. The molecule has 1 aromatic heterocycles. The van der Waals surface area contributed by atoms with Crippen molar-refractivity contribution >= 4 is 10.0 Å². The van der Waals surface area contributed by atoms with Crippen molar-refractivity contribution in [3.63, 3.8) is 0 Å². The van der Waals surface area contributed by atoms with E-state index in [1.54, 1.807) is 7.05 Å². The van der Waals surface area contributed by atoms with Crippen LogP contribution in [0.25, 0.3) is 11.3 Å². The first-order valence-corrected chi connectivity index (χ1v) is 8.75. The van der Waals surface area contributed by atoms with Crippen LogP contribution >= 0.6 is 0 Å². The van der Waals surface area contributed by atoms with Crippen LogP contribution in [0, 0.1) is 11.3 Å². The maximum absolute atomic E-state index is 13.4. The van der Waals surface area contributed by atoms with Crippen LogP contribution in [0.5, 0.6) is 0 Å². The number of alkyl halides is 3. The number of sulfonamides is 1. The van der Waals surface area contributed by atoms with Gasteiger partial charge in [0, 0.05) is 18.8 Å². The predicted octanol–water partition coefficient (Wildman–Crippen LogP) is 3.27. The lowest BCUT2D eigenvalue weighted by atomic mass is 10.1. The lowest BCUT2D eigenvalue weighted by molar-refractivity contribution is -0.139. The van der Waals surface area contributed by atoms with Crippen molar-refractivity contribution in [2.45, 2.75) is 31.0 Å². The molecule has 0 atom stereocenters. The maximum atomic E-state index is 13.4. The number of hydrogen-bond acceptors (Lipinski definition) is 3. The van der Waals surface area contributed by atoms with E-state index in [1.165, 1.54) is 36.6 Å². The minimum absolute atomic E-state index is 0.167. The van der Waals surface area contributed by atoms with Crippen molar-refractivity contribution < 1.29 is 21.6 Å². The zero-order valence-corrected chi connectivity index (χ0v) is 14.5. The topological polar surface area (TPSA) is 74.9 Å². The molecule has 25 heavy (non-hydrogen) atoms. The van der Waals surface area contributed by atoms with Gasteiger partial charge in [0.1, 0.15) is 11.8 Å². The largest absolute Gasteiger partial charge is 0.417 e. The van der Waals surface area contributed by atoms with E-state index in [1.807, 2.05) is 6.07 Å². The fraction of sp³-hybridized carbons (Fsp3) is 0.312. The fourth-order valence-corrected chi connectivity index (χ4v) is 3.89. The molecule has 2 aromatic rings. The van der Waals surface area contributed by atoms with E-state index in [4.69, 9.17) is 5.26 Å². The lowest BCUT2D eigenvalue weighted by Crippen LogP contribution is -2.31. The van der Waals surface area contributed by atoms with Gasteiger partial charge >= 0.3 is 6.18 Å². The Kier molecular flexibility index (Phi) is 4.97. The number of aromatic nitrogens is 1. The number of halogens is 3. The minimum atomic E-state index is -4.85. The van der Waals surface area contributed by atoms with Crippen molar-refractivity contribution in [1.29, 1.82) is 5.26 Å². The van der Waals surface area contributed by atoms with E-state index in [0.717, 1.165) is 12.1 Å². The fourth-order valence-electron chi connectivity index (χ4n) is 2.43. The molecule has 1 heterocycles. The molecule has 1 aromatic carbocycles. The average Bonchev–Trinajstić information content (AvgIpc) is 2.85. The minimum Gasteiger partial charge on any atom is -0.335 e. The van der Waals surface area contributed by atoms with Crippen LogP contribution in [-0.4, -0.2) is 19.0 Å². The summed E-state index contributed by atoms with van der Waals surface area (Å²) < 4.78 is 68.3. The van der Waals surface area contributed by atoms with Crippen LogP contribution in [0.15, 0.2) is 35.2 Å². The van der Waals surface area contributed by atoms with Crippen LogP contribution in [0.3, 0.4) is 0 Å². The van der Waals surface area contributed by atoms with Crippen molar-refractivity contribution in [2.75, 3.05) is 0 Å². The molecule has 0 bridgehead atoms. The SMILES string of the molecule is CC(C)NS(=O)(=O)c1ccc(-c2ccc(C#N)n2C)cc1C(F)(F)F. The molecule has 0 amide bonds. The molecule has 0 aliphatic heterocycles. The molecule has 5 nitrogen and oxygen atoms in total. The molecule has 0 fully saturated rings. The van der Waals surface area contributed by atoms with Gasteiger partial charge < -0.3 is 4.57 Å². The first kappa shape index (κ1) is 19.0. The van der Waals surface area contributed by atoms with Gasteiger partial charge in [-0.2, -0.15) is 18.4 Å². The Labute approximate surface area is 143 Å². The van der Waals surface area contributed by atoms with Gasteiger partial charge in [0.15, 0.2) is 0 Å². The Bertz CT molecular complexity index is 939. The van der Waals surface area contributed by atoms with Crippen molar-refractivity contribution in [2.24, 2.45) is 7.05 Å². The van der Waals surface area contributed by atoms with E-state index in [2.05, 4.69) is 4.72 Å². The lowest BCUT2D eigenvalue weighted by Gasteiger charge is -2.17. The summed E-state index contributed by atoms with van der Waals surface area (Å²) in [7, 11) is -2.76. The van der Waals surface area contributed by atoms with Gasteiger partial charge in [-0.1, -0.05) is 6.07 Å². The molecular weight excluding hydrogens is 355 g/mol. The Morgan fingerprint density at radius 3 is 2.32 bits per heavy atom. The average molecular weight is 371 g/mol. The number of hydrogen-bond donors (Lipinski definition) is 1. The summed E-state index contributed by atoms with van der Waals surface area (Å²) in [5.41, 5.74) is -0.428. The van der Waals surface area contributed by atoms with Gasteiger partial charge in [-0.3, -0.25) is 0 Å². The van der Waals surface area contributed by atoms with Crippen LogP contribution in [-0.2, 0) is 23.2 Å². The standard InChI is InChI=1S/C16H16F3N3O2S/c1-10(2)21-25(23,24)15-7-4-11(8-13(15)16(17,18)19)14-6-5-12(9-20)22(14)3/h4-8,10,21H,1-3H3. The zero-order chi connectivity index (χ0) is 19.0. The van der Waals surface area contributed by atoms with E-state index >= 15 is 0 Å². The molecule has 0 saturated carbocycles. The second kappa shape index (κ2) is 6.54. The third kappa shape index (κ3) is 3.86. The Hall–Kier alpha value is -2.31. The monoisotopic (exact) mass is 371 g/mol. The zero-order valence-electron chi connectivity index (χ0n) is 13.7. The predicted molar refractivity (Wildman–Crippen MR) is 86.0 cm³/mol. The van der Waals surface area contributed by atoms with Gasteiger partial charge in [-0.15, -0.1) is 0 Å². The summed E-state index contributed by atoms with van der Waals surface area (Å²) in [6, 6.07) is 7.37. The van der Waals surface area contributed by atoms with E-state index < -0.39 is 32.7 Å². The number of nitrogens with zero attached hydrogens (tertiary/aromatic N) is 2. The molecule has 0 spiro atoms. The molecule has 0 aliphatic carbocycles. The number of rotatable bonds is 4. The highest BCUT2D eigenvalue weighted by Gasteiger charge is 2.37. The molecule has 0 unspecified atom stereocenters. The summed E-state index contributed by atoms with van der Waals surface area (Å²) in [6.07, 6.45) is -4.85. The van der Waals surface area contributed by atoms with E-state index in [0.29, 0.717) is 5.69 Å². The Balaban J connectivity index is 2.67. The van der Waals surface area contributed by atoms with Gasteiger partial charge in [0.25, 0.3) is 0 Å². The number of nitriles is 1. The summed E-state index contributed by atoms with van der Waals surface area (Å²) in [6.45, 7) is 3.04. The highest BCUT2D eigenvalue weighted by molar-refractivity contribution is 7.89. The van der Waals surface area contributed by atoms with Gasteiger partial charge in [0.2, 0.25) is 10.0 Å². The van der Waals surface area contributed by atoms with Gasteiger partial charge in [-0.05, 0) is 43.7 Å². The summed E-state index contributed by atoms with van der Waals surface area (Å²) in [4.78, 5) is -0.827. The molecule has 1 N–H and O–H groups in total. The second-order valence-electron chi connectivity index (χ2n) is 5.76. The first-order chi connectivity index (χ1) is 11.5. The highest BCUT2D eigenvalue weighted by Crippen LogP contribution is 2.37. The Morgan fingerprint density at radius 2 is 1.84 bits per heavy atom. The molecule has 9 heteroatoms. The molecular formula is C16H16F3N3O2S. The third-order valence-electron chi connectivity index (χ3n) is 3.50. The smallest absolute Gasteiger partial charge is 0.335 e. The molecule has 0 aliphatic rings. The molecule has 134 valence electrons. The maximum Gasteiger partial charge on any atom is 0.417 e. The van der Waals surface area contributed by atoms with Gasteiger partial charge in [0.05, 0.1) is 10.5 Å². The van der Waals surface area contributed by atoms with Crippen molar-refractivity contribution in [3.05, 3.63) is 41.6 Å². The van der Waals surface area contributed by atoms with Crippen molar-refractivity contribution in [1.82, 2.24) is 9.29 Å². The summed E-state index contributed by atoms with van der Waals surface area (Å²) >= 11 is 0. The third-order valence-corrected chi connectivity index (χ3v) is 5.21. The number of benzene rings is 1. The van der Waals surface area contributed by atoms with E-state index in [9.17, 15) is 21.6 Å². The molecule has 2 rings (SSSR count). The van der Waals surface area contributed by atoms with Gasteiger partial charge in [-0.25, -0.2) is 13.1 Å². The first-order valence-electron chi connectivity index (χ1n) is 7.27. The second-order valence-corrected chi connectivity index (χ2v) is 7.44. The van der Waals surface area contributed by atoms with Crippen molar-refractivity contribution in [3.8, 4) is 17.3 Å². The van der Waals surface area contributed by atoms with E-state index in [-0.39, 0.29) is 11.3 Å². The summed E-state index contributed by atoms with van der Waals surface area (Å²) in [5.74, 6) is 0. The molecule has 0 radical (unpaired) electrons. The Morgan fingerprint density at radius 1 is 1.20 bits per heavy atom. The van der Waals surface area contributed by atoms with Crippen LogP contribution in [0.2, 0.25) is 0 Å². The summed E-state index contributed by atoms with van der Waals surface area (Å²) in [5, 5.41) is 8.96. The van der Waals surface area contributed by atoms with Crippen LogP contribution in [0.1, 0.15) is 25.1 Å². The van der Waals surface area contributed by atoms with Crippen LogP contribution < -0.4 is 4.72 Å². The molecule has 0 saturated heterocycles. The number of nitrogens with one attached hydrogen (secondary N) is 1. The van der Waals surface area contributed by atoms with Crippen LogP contribution in [0.4, 0.5) is 13.2 Å². The highest BCUT2D eigenvalue weighted by atomic mass is 32.2.